The van der Waals surface area contributed by atoms with Gasteiger partial charge < -0.3 is 5.32 Å². The molecule has 0 aliphatic rings. The van der Waals surface area contributed by atoms with Gasteiger partial charge in [-0.3, -0.25) is 4.79 Å². The monoisotopic (exact) mass is 260 g/mol. The van der Waals surface area contributed by atoms with Crippen molar-refractivity contribution in [2.75, 3.05) is 5.32 Å². The van der Waals surface area contributed by atoms with E-state index in [1.807, 2.05) is 25.1 Å². The zero-order valence-corrected chi connectivity index (χ0v) is 11.0. The maximum atomic E-state index is 11.5. The second-order valence-corrected chi connectivity index (χ2v) is 4.40. The highest BCUT2D eigenvalue weighted by atomic mass is 35.5. The van der Waals surface area contributed by atoms with Crippen LogP contribution in [0.1, 0.15) is 22.8 Å². The average Bonchev–Trinajstić information content (AvgIpc) is 2.35. The highest BCUT2D eigenvalue weighted by molar-refractivity contribution is 6.31. The van der Waals surface area contributed by atoms with Crippen LogP contribution in [0.15, 0.2) is 36.5 Å². The van der Waals surface area contributed by atoms with Gasteiger partial charge in [0.05, 0.1) is 5.56 Å². The normalized spacial score (nSPS) is 10.2. The van der Waals surface area contributed by atoms with Crippen molar-refractivity contribution < 1.29 is 4.79 Å². The summed E-state index contributed by atoms with van der Waals surface area (Å²) < 4.78 is 0. The number of carbonyl (C=O) groups is 1. The number of Topliss-reactive ketones (excluding diaryl/α,β-unsaturated/α-hetero) is 1. The molecule has 0 bridgehead atoms. The summed E-state index contributed by atoms with van der Waals surface area (Å²) >= 11 is 6.06. The first kappa shape index (κ1) is 12.6. The minimum Gasteiger partial charge on any atom is -0.339 e. The Morgan fingerprint density at radius 1 is 1.28 bits per heavy atom. The number of nitrogens with one attached hydrogen (secondary N) is 1. The summed E-state index contributed by atoms with van der Waals surface area (Å²) in [6.45, 7) is 3.44. The van der Waals surface area contributed by atoms with Crippen LogP contribution in [0.25, 0.3) is 0 Å². The molecule has 1 N–H and O–H groups in total. The van der Waals surface area contributed by atoms with Crippen LogP contribution in [0.3, 0.4) is 0 Å². The summed E-state index contributed by atoms with van der Waals surface area (Å²) in [5.41, 5.74) is 2.35. The van der Waals surface area contributed by atoms with Gasteiger partial charge in [-0.15, -0.1) is 0 Å². The highest BCUT2D eigenvalue weighted by Gasteiger charge is 2.09. The van der Waals surface area contributed by atoms with Gasteiger partial charge in [-0.2, -0.15) is 0 Å². The van der Waals surface area contributed by atoms with Gasteiger partial charge in [0.25, 0.3) is 0 Å². The number of ketones is 1. The first-order chi connectivity index (χ1) is 8.59. The molecule has 0 saturated heterocycles. The van der Waals surface area contributed by atoms with Gasteiger partial charge in [0.1, 0.15) is 5.82 Å². The fraction of sp³-hybridized carbons (Fsp3) is 0.143. The van der Waals surface area contributed by atoms with Gasteiger partial charge in [-0.25, -0.2) is 4.98 Å². The summed E-state index contributed by atoms with van der Waals surface area (Å²) in [6.07, 6.45) is 1.65. The minimum absolute atomic E-state index is 0.0229. The fourth-order valence-corrected chi connectivity index (χ4v) is 1.83. The largest absolute Gasteiger partial charge is 0.339 e. The number of benzene rings is 1. The Morgan fingerprint density at radius 2 is 2.06 bits per heavy atom. The molecule has 0 atom stereocenters. The zero-order valence-electron chi connectivity index (χ0n) is 10.2. The minimum atomic E-state index is -0.0229. The Labute approximate surface area is 111 Å². The van der Waals surface area contributed by atoms with Crippen LogP contribution in [0, 0.1) is 6.92 Å². The fourth-order valence-electron chi connectivity index (χ4n) is 1.66. The first-order valence-electron chi connectivity index (χ1n) is 5.57. The standard InChI is InChI=1S/C14H13ClN2O/c1-9-12(15)6-3-7-13(9)17-14-11(10(2)18)5-4-8-16-14/h3-8H,1-2H3,(H,16,17). The van der Waals surface area contributed by atoms with Crippen molar-refractivity contribution in [1.29, 1.82) is 0 Å². The lowest BCUT2D eigenvalue weighted by Crippen LogP contribution is -2.03. The van der Waals surface area contributed by atoms with E-state index in [2.05, 4.69) is 10.3 Å². The van der Waals surface area contributed by atoms with E-state index in [1.165, 1.54) is 6.92 Å². The number of aromatic nitrogens is 1. The summed E-state index contributed by atoms with van der Waals surface area (Å²) in [5, 5.41) is 3.83. The van der Waals surface area contributed by atoms with E-state index in [-0.39, 0.29) is 5.78 Å². The number of pyridine rings is 1. The van der Waals surface area contributed by atoms with E-state index in [4.69, 9.17) is 11.6 Å². The number of hydrogen-bond acceptors (Lipinski definition) is 3. The first-order valence-corrected chi connectivity index (χ1v) is 5.95. The lowest BCUT2D eigenvalue weighted by Gasteiger charge is -2.12. The predicted molar refractivity (Wildman–Crippen MR) is 73.7 cm³/mol. The van der Waals surface area contributed by atoms with Gasteiger partial charge in [-0.1, -0.05) is 17.7 Å². The molecule has 0 unspecified atom stereocenters. The molecule has 0 spiro atoms. The Morgan fingerprint density at radius 3 is 2.78 bits per heavy atom. The third-order valence-corrected chi connectivity index (χ3v) is 3.12. The van der Waals surface area contributed by atoms with E-state index in [1.54, 1.807) is 18.3 Å². The molecular formula is C14H13ClN2O. The number of rotatable bonds is 3. The van der Waals surface area contributed by atoms with Crippen molar-refractivity contribution in [3.63, 3.8) is 0 Å². The molecular weight excluding hydrogens is 248 g/mol. The number of carbonyl (C=O) groups excluding carboxylic acids is 1. The lowest BCUT2D eigenvalue weighted by molar-refractivity contribution is 0.101. The maximum Gasteiger partial charge on any atom is 0.163 e. The van der Waals surface area contributed by atoms with Gasteiger partial charge in [-0.05, 0) is 43.7 Å². The quantitative estimate of drug-likeness (QED) is 0.849. The van der Waals surface area contributed by atoms with E-state index in [9.17, 15) is 4.79 Å². The third-order valence-electron chi connectivity index (χ3n) is 2.71. The summed E-state index contributed by atoms with van der Waals surface area (Å²) in [4.78, 5) is 15.7. The number of anilines is 2. The van der Waals surface area contributed by atoms with E-state index in [0.717, 1.165) is 11.3 Å². The van der Waals surface area contributed by atoms with Crippen LogP contribution >= 0.6 is 11.6 Å². The second-order valence-electron chi connectivity index (χ2n) is 3.99. The molecule has 4 heteroatoms. The SMILES string of the molecule is CC(=O)c1cccnc1Nc1cccc(Cl)c1C. The van der Waals surface area contributed by atoms with Crippen LogP contribution in [-0.2, 0) is 0 Å². The van der Waals surface area contributed by atoms with E-state index in [0.29, 0.717) is 16.4 Å². The van der Waals surface area contributed by atoms with E-state index < -0.39 is 0 Å². The Balaban J connectivity index is 2.40. The molecule has 0 saturated carbocycles. The molecule has 1 aromatic heterocycles. The molecule has 0 amide bonds. The van der Waals surface area contributed by atoms with Crippen molar-refractivity contribution in [2.24, 2.45) is 0 Å². The molecule has 18 heavy (non-hydrogen) atoms. The van der Waals surface area contributed by atoms with Crippen molar-refractivity contribution in [3.05, 3.63) is 52.7 Å². The van der Waals surface area contributed by atoms with Gasteiger partial charge in [0, 0.05) is 16.9 Å². The molecule has 3 nitrogen and oxygen atoms in total. The van der Waals surface area contributed by atoms with Crippen LogP contribution < -0.4 is 5.32 Å². The Bertz CT molecular complexity index is 596. The topological polar surface area (TPSA) is 42.0 Å². The number of halogens is 1. The average molecular weight is 261 g/mol. The van der Waals surface area contributed by atoms with Crippen molar-refractivity contribution >= 4 is 28.9 Å². The Hall–Kier alpha value is -1.87. The molecule has 0 radical (unpaired) electrons. The lowest BCUT2D eigenvalue weighted by atomic mass is 10.1. The smallest absolute Gasteiger partial charge is 0.163 e. The van der Waals surface area contributed by atoms with Crippen molar-refractivity contribution in [1.82, 2.24) is 4.98 Å². The van der Waals surface area contributed by atoms with E-state index >= 15 is 0 Å². The maximum absolute atomic E-state index is 11.5. The zero-order chi connectivity index (χ0) is 13.1. The van der Waals surface area contributed by atoms with Crippen LogP contribution in [0.4, 0.5) is 11.5 Å². The predicted octanol–water partition coefficient (Wildman–Crippen LogP) is 3.99. The van der Waals surface area contributed by atoms with Crippen LogP contribution in [0.5, 0.6) is 0 Å². The molecule has 2 rings (SSSR count). The van der Waals surface area contributed by atoms with Gasteiger partial charge in [0.15, 0.2) is 5.78 Å². The van der Waals surface area contributed by atoms with Crippen molar-refractivity contribution in [3.8, 4) is 0 Å². The number of nitrogens with zero attached hydrogens (tertiary/aromatic N) is 1. The number of hydrogen-bond donors (Lipinski definition) is 1. The highest BCUT2D eigenvalue weighted by Crippen LogP contribution is 2.26. The van der Waals surface area contributed by atoms with Crippen LogP contribution in [0.2, 0.25) is 5.02 Å². The summed E-state index contributed by atoms with van der Waals surface area (Å²) in [7, 11) is 0. The Kier molecular flexibility index (Phi) is 3.63. The summed E-state index contributed by atoms with van der Waals surface area (Å²) in [6, 6.07) is 9.07. The van der Waals surface area contributed by atoms with Crippen LogP contribution in [-0.4, -0.2) is 10.8 Å². The molecule has 1 aromatic carbocycles. The molecule has 0 fully saturated rings. The second kappa shape index (κ2) is 5.19. The van der Waals surface area contributed by atoms with Crippen molar-refractivity contribution in [2.45, 2.75) is 13.8 Å². The van der Waals surface area contributed by atoms with Gasteiger partial charge >= 0.3 is 0 Å². The molecule has 0 aliphatic carbocycles. The molecule has 0 aliphatic heterocycles. The molecule has 92 valence electrons. The summed E-state index contributed by atoms with van der Waals surface area (Å²) in [5.74, 6) is 0.528. The molecule has 2 aromatic rings. The third kappa shape index (κ3) is 2.51. The molecule has 1 heterocycles. The van der Waals surface area contributed by atoms with Gasteiger partial charge in [0.2, 0.25) is 0 Å².